The average Bonchev–Trinajstić information content (AvgIpc) is 2.94. The van der Waals surface area contributed by atoms with Gasteiger partial charge in [-0.05, 0) is 55.8 Å². The first kappa shape index (κ1) is 26.1. The second kappa shape index (κ2) is 11.9. The molecule has 0 radical (unpaired) electrons. The molecular formula is C30H32FN3O4. The summed E-state index contributed by atoms with van der Waals surface area (Å²) in [7, 11) is 0. The summed E-state index contributed by atoms with van der Waals surface area (Å²) < 4.78 is 18.6. The molecule has 1 fully saturated rings. The van der Waals surface area contributed by atoms with Crippen LogP contribution in [-0.2, 0) is 20.9 Å². The molecule has 0 unspecified atom stereocenters. The van der Waals surface area contributed by atoms with Gasteiger partial charge in [-0.1, -0.05) is 30.3 Å². The summed E-state index contributed by atoms with van der Waals surface area (Å²) in [5, 5.41) is 0. The fourth-order valence-corrected chi connectivity index (χ4v) is 5.31. The van der Waals surface area contributed by atoms with E-state index in [0.29, 0.717) is 75.5 Å². The van der Waals surface area contributed by atoms with Crippen LogP contribution in [0.1, 0.15) is 41.6 Å². The topological polar surface area (TPSA) is 79.3 Å². The molecule has 0 bridgehead atoms. The molecular weight excluding hydrogens is 485 g/mol. The van der Waals surface area contributed by atoms with E-state index in [1.54, 1.807) is 4.90 Å². The molecule has 38 heavy (non-hydrogen) atoms. The van der Waals surface area contributed by atoms with E-state index in [1.165, 1.54) is 24.3 Å². The second-order valence-corrected chi connectivity index (χ2v) is 10.2. The van der Waals surface area contributed by atoms with Crippen molar-refractivity contribution in [3.05, 3.63) is 82.8 Å². The normalized spacial score (nSPS) is 18.7. The Morgan fingerprint density at radius 1 is 1.03 bits per heavy atom. The molecule has 1 amide bonds. The van der Waals surface area contributed by atoms with Gasteiger partial charge >= 0.3 is 0 Å². The Morgan fingerprint density at radius 2 is 1.76 bits per heavy atom. The first-order chi connectivity index (χ1) is 18.5. The number of carbonyl (C=O) groups excluding carboxylic acids is 3. The zero-order chi connectivity index (χ0) is 26.5. The fourth-order valence-electron chi connectivity index (χ4n) is 5.31. The summed E-state index contributed by atoms with van der Waals surface area (Å²) in [6, 6.07) is 15.5. The van der Waals surface area contributed by atoms with Crippen LogP contribution in [0.25, 0.3) is 0 Å². The number of hydrogen-bond donors (Lipinski definition) is 0. The Bertz CT molecular complexity index is 1250. The van der Waals surface area contributed by atoms with Crippen LogP contribution in [0.3, 0.4) is 0 Å². The highest BCUT2D eigenvalue weighted by Gasteiger charge is 2.30. The fraction of sp³-hybridized carbons (Fsp3) is 0.400. The molecule has 0 atom stereocenters. The zero-order valence-corrected chi connectivity index (χ0v) is 21.4. The van der Waals surface area contributed by atoms with Crippen molar-refractivity contribution in [3.8, 4) is 0 Å². The molecule has 198 valence electrons. The molecule has 5 rings (SSSR count). The van der Waals surface area contributed by atoms with E-state index in [2.05, 4.69) is 4.90 Å². The van der Waals surface area contributed by atoms with Crippen molar-refractivity contribution in [1.29, 1.82) is 0 Å². The number of rotatable bonds is 8. The lowest BCUT2D eigenvalue weighted by Crippen LogP contribution is -2.45. The predicted molar refractivity (Wildman–Crippen MR) is 141 cm³/mol. The van der Waals surface area contributed by atoms with Gasteiger partial charge in [-0.15, -0.1) is 0 Å². The Hall–Kier alpha value is -3.49. The number of likely N-dealkylation sites (tertiary alicyclic amines) is 1. The number of ether oxygens (including phenoxy) is 1. The third-order valence-corrected chi connectivity index (χ3v) is 7.46. The minimum atomic E-state index is -0.358. The van der Waals surface area contributed by atoms with Crippen molar-refractivity contribution in [2.24, 2.45) is 10.9 Å². The van der Waals surface area contributed by atoms with Crippen molar-refractivity contribution in [1.82, 2.24) is 9.80 Å². The molecule has 3 aliphatic heterocycles. The number of carbonyl (C=O) groups is 3. The van der Waals surface area contributed by atoms with E-state index in [0.717, 1.165) is 11.3 Å². The maximum Gasteiger partial charge on any atom is 0.237 e. The molecule has 7 nitrogen and oxygen atoms in total. The van der Waals surface area contributed by atoms with Crippen LogP contribution in [-0.4, -0.2) is 72.4 Å². The predicted octanol–water partition coefficient (Wildman–Crippen LogP) is 3.84. The van der Waals surface area contributed by atoms with Crippen LogP contribution in [0, 0.1) is 11.7 Å². The monoisotopic (exact) mass is 517 g/mol. The number of Topliss-reactive ketones (excluding diaryl/α,β-unsaturated/α-hetero) is 2. The molecule has 1 saturated heterocycles. The number of amides is 1. The molecule has 2 aromatic carbocycles. The van der Waals surface area contributed by atoms with Gasteiger partial charge in [-0.25, -0.2) is 4.39 Å². The zero-order valence-electron chi connectivity index (χ0n) is 21.4. The van der Waals surface area contributed by atoms with Crippen LogP contribution < -0.4 is 0 Å². The van der Waals surface area contributed by atoms with Gasteiger partial charge in [-0.2, -0.15) is 0 Å². The maximum atomic E-state index is 13.5. The van der Waals surface area contributed by atoms with Gasteiger partial charge in [-0.3, -0.25) is 24.3 Å². The van der Waals surface area contributed by atoms with Gasteiger partial charge < -0.3 is 9.64 Å². The SMILES string of the molecule is O=C1CC(CN(Cc2ccccc2)C(=O)CN2CCC(C(=O)c3ccc(F)cc3)CC2)=NC2=C1COCC2. The number of benzene rings is 2. The lowest BCUT2D eigenvalue weighted by Gasteiger charge is -2.33. The summed E-state index contributed by atoms with van der Waals surface area (Å²) >= 11 is 0. The summed E-state index contributed by atoms with van der Waals surface area (Å²) in [4.78, 5) is 47.7. The summed E-state index contributed by atoms with van der Waals surface area (Å²) in [5.41, 5.74) is 3.71. The molecule has 0 spiro atoms. The van der Waals surface area contributed by atoms with Crippen LogP contribution >= 0.6 is 0 Å². The highest BCUT2D eigenvalue weighted by atomic mass is 19.1. The Morgan fingerprint density at radius 3 is 2.50 bits per heavy atom. The van der Waals surface area contributed by atoms with Gasteiger partial charge in [0.05, 0.1) is 38.4 Å². The van der Waals surface area contributed by atoms with Crippen molar-refractivity contribution >= 4 is 23.2 Å². The third kappa shape index (κ3) is 6.31. The van der Waals surface area contributed by atoms with Crippen molar-refractivity contribution in [2.75, 3.05) is 39.4 Å². The minimum absolute atomic E-state index is 0.0286. The summed E-state index contributed by atoms with van der Waals surface area (Å²) in [5.74, 6) is -0.451. The Balaban J connectivity index is 1.23. The van der Waals surface area contributed by atoms with Crippen LogP contribution in [0.4, 0.5) is 4.39 Å². The summed E-state index contributed by atoms with van der Waals surface area (Å²) in [6.45, 7) is 3.12. The smallest absolute Gasteiger partial charge is 0.237 e. The first-order valence-electron chi connectivity index (χ1n) is 13.2. The maximum absolute atomic E-state index is 13.5. The number of piperidine rings is 1. The van der Waals surface area contributed by atoms with E-state index in [1.807, 2.05) is 30.3 Å². The van der Waals surface area contributed by atoms with Gasteiger partial charge in [0, 0.05) is 35.7 Å². The third-order valence-electron chi connectivity index (χ3n) is 7.46. The molecule has 3 aliphatic rings. The number of ketones is 2. The second-order valence-electron chi connectivity index (χ2n) is 10.2. The van der Waals surface area contributed by atoms with E-state index in [9.17, 15) is 18.8 Å². The van der Waals surface area contributed by atoms with E-state index in [4.69, 9.17) is 9.73 Å². The quantitative estimate of drug-likeness (QED) is 0.498. The van der Waals surface area contributed by atoms with Crippen LogP contribution in [0.2, 0.25) is 0 Å². The lowest BCUT2D eigenvalue weighted by molar-refractivity contribution is -0.132. The summed E-state index contributed by atoms with van der Waals surface area (Å²) in [6.07, 6.45) is 2.13. The Labute approximate surface area is 222 Å². The molecule has 2 aromatic rings. The van der Waals surface area contributed by atoms with E-state index in [-0.39, 0.29) is 42.2 Å². The van der Waals surface area contributed by atoms with Crippen LogP contribution in [0.15, 0.2) is 70.9 Å². The molecule has 0 aromatic heterocycles. The van der Waals surface area contributed by atoms with Gasteiger partial charge in [0.15, 0.2) is 11.6 Å². The largest absolute Gasteiger partial charge is 0.376 e. The first-order valence-corrected chi connectivity index (χ1v) is 13.2. The van der Waals surface area contributed by atoms with Crippen molar-refractivity contribution < 1.29 is 23.5 Å². The van der Waals surface area contributed by atoms with Gasteiger partial charge in [0.1, 0.15) is 5.82 Å². The number of hydrogen-bond acceptors (Lipinski definition) is 6. The highest BCUT2D eigenvalue weighted by molar-refractivity contribution is 6.13. The standard InChI is InChI=1S/C30H32FN3O4/c31-24-8-6-22(7-9-24)30(37)23-10-13-33(14-11-23)19-29(36)34(17-21-4-2-1-3-5-21)18-25-16-28(35)26-20-38-15-12-27(26)32-25/h1-9,23H,10-20H2. The minimum Gasteiger partial charge on any atom is -0.376 e. The Kier molecular flexibility index (Phi) is 8.20. The lowest BCUT2D eigenvalue weighted by atomic mass is 9.89. The number of aliphatic imine (C=N–C) groups is 1. The molecule has 3 heterocycles. The highest BCUT2D eigenvalue weighted by Crippen LogP contribution is 2.25. The van der Waals surface area contributed by atoms with Crippen LogP contribution in [0.5, 0.6) is 0 Å². The van der Waals surface area contributed by atoms with Crippen molar-refractivity contribution in [3.63, 3.8) is 0 Å². The van der Waals surface area contributed by atoms with Gasteiger partial charge in [0.2, 0.25) is 5.91 Å². The molecule has 0 saturated carbocycles. The van der Waals surface area contributed by atoms with Crippen molar-refractivity contribution in [2.45, 2.75) is 32.2 Å². The number of halogens is 1. The number of nitrogens with zero attached hydrogens (tertiary/aromatic N) is 3. The van der Waals surface area contributed by atoms with E-state index < -0.39 is 0 Å². The van der Waals surface area contributed by atoms with E-state index >= 15 is 0 Å². The van der Waals surface area contributed by atoms with Gasteiger partial charge in [0.25, 0.3) is 0 Å². The molecule has 0 N–H and O–H groups in total. The average molecular weight is 518 g/mol. The molecule has 0 aliphatic carbocycles. The molecule has 8 heteroatoms.